The second-order valence-electron chi connectivity index (χ2n) is 3.72. The summed E-state index contributed by atoms with van der Waals surface area (Å²) in [6, 6.07) is 3.14. The van der Waals surface area contributed by atoms with Crippen molar-refractivity contribution < 1.29 is 14.3 Å². The molecule has 3 N–H and O–H groups in total. The first kappa shape index (κ1) is 13.9. The summed E-state index contributed by atoms with van der Waals surface area (Å²) < 4.78 is 13.4. The zero-order valence-corrected chi connectivity index (χ0v) is 10.1. The van der Waals surface area contributed by atoms with Gasteiger partial charge in [-0.1, -0.05) is 11.6 Å². The van der Waals surface area contributed by atoms with Crippen molar-refractivity contribution in [2.24, 2.45) is 5.73 Å². The van der Waals surface area contributed by atoms with Crippen molar-refractivity contribution in [2.45, 2.75) is 12.6 Å². The highest BCUT2D eigenvalue weighted by Gasteiger charge is 2.18. The maximum Gasteiger partial charge on any atom is 0.241 e. The molecule has 0 spiro atoms. The monoisotopic (exact) mass is 260 g/mol. The summed E-state index contributed by atoms with van der Waals surface area (Å²) >= 11 is 5.73. The number of halogens is 2. The van der Waals surface area contributed by atoms with Crippen LogP contribution >= 0.6 is 11.6 Å². The van der Waals surface area contributed by atoms with Crippen molar-refractivity contribution in [3.05, 3.63) is 34.6 Å². The third-order valence-electron chi connectivity index (χ3n) is 2.31. The summed E-state index contributed by atoms with van der Waals surface area (Å²) in [7, 11) is 1.48. The Bertz CT molecular complexity index is 414. The van der Waals surface area contributed by atoms with Crippen LogP contribution in [0.2, 0.25) is 5.02 Å². The number of hydrogen-bond acceptors (Lipinski definition) is 3. The van der Waals surface area contributed by atoms with Gasteiger partial charge in [-0.2, -0.15) is 0 Å². The Labute approximate surface area is 104 Å². The Morgan fingerprint density at radius 2 is 2.29 bits per heavy atom. The first-order chi connectivity index (χ1) is 7.95. The first-order valence-corrected chi connectivity index (χ1v) is 5.39. The molecular weight excluding hydrogens is 247 g/mol. The number of hydrogen-bond donors (Lipinski definition) is 2. The lowest BCUT2D eigenvalue weighted by Crippen LogP contribution is -2.43. The van der Waals surface area contributed by atoms with Gasteiger partial charge in [0.05, 0.1) is 6.61 Å². The second-order valence-corrected chi connectivity index (χ2v) is 4.16. The highest BCUT2D eigenvalue weighted by Crippen LogP contribution is 2.16. The molecule has 94 valence electrons. The van der Waals surface area contributed by atoms with Crippen molar-refractivity contribution >= 4 is 17.5 Å². The van der Waals surface area contributed by atoms with Gasteiger partial charge in [0.25, 0.3) is 0 Å². The summed E-state index contributed by atoms with van der Waals surface area (Å²) in [4.78, 5) is 12.8. The smallest absolute Gasteiger partial charge is 0.241 e. The molecule has 1 rings (SSSR count). The maximum atomic E-state index is 13.4. The maximum absolute atomic E-state index is 13.4. The minimum absolute atomic E-state index is 0.0545. The van der Waals surface area contributed by atoms with Gasteiger partial charge in [0.15, 0.2) is 0 Å². The zero-order chi connectivity index (χ0) is 13.0. The van der Waals surface area contributed by atoms with E-state index in [4.69, 9.17) is 22.4 Å². The van der Waals surface area contributed by atoms with Gasteiger partial charge >= 0.3 is 0 Å². The molecule has 1 unspecified atom stereocenters. The standard InChI is InChI=1S/C11H14ClFN2O2/c1-15(11(17)10(14)6-16)5-7-4-8(12)2-3-9(7)13/h2-4,10,16H,5-6,14H2,1H3. The predicted octanol–water partition coefficient (Wildman–Crippen LogP) is 0.757. The van der Waals surface area contributed by atoms with Gasteiger partial charge < -0.3 is 15.7 Å². The minimum Gasteiger partial charge on any atom is -0.394 e. The van der Waals surface area contributed by atoms with Crippen molar-refractivity contribution in [1.82, 2.24) is 4.90 Å². The highest BCUT2D eigenvalue weighted by atomic mass is 35.5. The summed E-state index contributed by atoms with van der Waals surface area (Å²) in [5.74, 6) is -0.890. The van der Waals surface area contributed by atoms with Crippen LogP contribution in [0.5, 0.6) is 0 Å². The Kier molecular flexibility index (Phi) is 4.86. The molecule has 17 heavy (non-hydrogen) atoms. The molecule has 6 heteroatoms. The number of nitrogens with two attached hydrogens (primary N) is 1. The molecule has 1 atom stereocenters. The Morgan fingerprint density at radius 3 is 2.88 bits per heavy atom. The van der Waals surface area contributed by atoms with Crippen LogP contribution in [0.3, 0.4) is 0 Å². The van der Waals surface area contributed by atoms with Crippen LogP contribution in [0, 0.1) is 5.82 Å². The molecular formula is C11H14ClFN2O2. The molecule has 0 bridgehead atoms. The molecule has 0 fully saturated rings. The summed E-state index contributed by atoms with van der Waals surface area (Å²) in [5.41, 5.74) is 5.68. The third kappa shape index (κ3) is 3.66. The molecule has 0 saturated carbocycles. The van der Waals surface area contributed by atoms with E-state index < -0.39 is 24.4 Å². The van der Waals surface area contributed by atoms with E-state index in [2.05, 4.69) is 0 Å². The normalized spacial score (nSPS) is 12.3. The number of carbonyl (C=O) groups excluding carboxylic acids is 1. The average Bonchev–Trinajstić information content (AvgIpc) is 2.31. The van der Waals surface area contributed by atoms with E-state index in [1.54, 1.807) is 0 Å². The molecule has 4 nitrogen and oxygen atoms in total. The van der Waals surface area contributed by atoms with Crippen molar-refractivity contribution in [3.8, 4) is 0 Å². The molecule has 1 aromatic rings. The summed E-state index contributed by atoms with van der Waals surface area (Å²) in [5, 5.41) is 9.15. The van der Waals surface area contributed by atoms with Crippen LogP contribution in [0.4, 0.5) is 4.39 Å². The third-order valence-corrected chi connectivity index (χ3v) is 2.54. The summed E-state index contributed by atoms with van der Waals surface area (Å²) in [6.45, 7) is -0.389. The lowest BCUT2D eigenvalue weighted by Gasteiger charge is -2.20. The molecule has 0 aliphatic rings. The zero-order valence-electron chi connectivity index (χ0n) is 9.36. The molecule has 0 heterocycles. The van der Waals surface area contributed by atoms with E-state index in [1.807, 2.05) is 0 Å². The van der Waals surface area contributed by atoms with E-state index >= 15 is 0 Å². The van der Waals surface area contributed by atoms with E-state index in [0.717, 1.165) is 0 Å². The minimum atomic E-state index is -0.984. The number of aliphatic hydroxyl groups is 1. The van der Waals surface area contributed by atoms with E-state index in [-0.39, 0.29) is 6.54 Å². The largest absolute Gasteiger partial charge is 0.394 e. The number of amides is 1. The van der Waals surface area contributed by atoms with Crippen LogP contribution in [0.1, 0.15) is 5.56 Å². The highest BCUT2D eigenvalue weighted by molar-refractivity contribution is 6.30. The predicted molar refractivity (Wildman–Crippen MR) is 62.9 cm³/mol. The van der Waals surface area contributed by atoms with Crippen molar-refractivity contribution in [3.63, 3.8) is 0 Å². The fourth-order valence-electron chi connectivity index (χ4n) is 1.36. The van der Waals surface area contributed by atoms with Gasteiger partial charge in [0.1, 0.15) is 11.9 Å². The average molecular weight is 261 g/mol. The Hall–Kier alpha value is -1.17. The van der Waals surface area contributed by atoms with Crippen molar-refractivity contribution in [2.75, 3.05) is 13.7 Å². The van der Waals surface area contributed by atoms with Gasteiger partial charge in [-0.05, 0) is 18.2 Å². The number of carbonyl (C=O) groups is 1. The number of aliphatic hydroxyl groups excluding tert-OH is 1. The second kappa shape index (κ2) is 5.95. The molecule has 0 aromatic heterocycles. The molecule has 0 aliphatic heterocycles. The lowest BCUT2D eigenvalue weighted by atomic mass is 10.2. The Morgan fingerprint density at radius 1 is 1.65 bits per heavy atom. The van der Waals surface area contributed by atoms with Crippen LogP contribution in [-0.2, 0) is 11.3 Å². The first-order valence-electron chi connectivity index (χ1n) is 5.01. The molecule has 0 aliphatic carbocycles. The van der Waals surface area contributed by atoms with Crippen LogP contribution in [0.25, 0.3) is 0 Å². The molecule has 0 radical (unpaired) electrons. The number of benzene rings is 1. The fourth-order valence-corrected chi connectivity index (χ4v) is 1.55. The van der Waals surface area contributed by atoms with E-state index in [0.29, 0.717) is 10.6 Å². The molecule has 0 saturated heterocycles. The van der Waals surface area contributed by atoms with Crippen molar-refractivity contribution in [1.29, 1.82) is 0 Å². The summed E-state index contributed by atoms with van der Waals surface area (Å²) in [6.07, 6.45) is 0. The van der Waals surface area contributed by atoms with Gasteiger partial charge in [0, 0.05) is 24.2 Å². The van der Waals surface area contributed by atoms with E-state index in [1.165, 1.54) is 30.1 Å². The molecule has 1 aromatic carbocycles. The molecule has 1 amide bonds. The van der Waals surface area contributed by atoms with Gasteiger partial charge in [-0.15, -0.1) is 0 Å². The Balaban J connectivity index is 2.77. The van der Waals surface area contributed by atoms with Gasteiger partial charge in [0.2, 0.25) is 5.91 Å². The SMILES string of the molecule is CN(Cc1cc(Cl)ccc1F)C(=O)C(N)CO. The van der Waals surface area contributed by atoms with Crippen LogP contribution in [0.15, 0.2) is 18.2 Å². The fraction of sp³-hybridized carbons (Fsp3) is 0.364. The van der Waals surface area contributed by atoms with Gasteiger partial charge in [-0.25, -0.2) is 4.39 Å². The number of likely N-dealkylation sites (N-methyl/N-ethyl adjacent to an activating group) is 1. The van der Waals surface area contributed by atoms with Gasteiger partial charge in [-0.3, -0.25) is 4.79 Å². The number of nitrogens with zero attached hydrogens (tertiary/aromatic N) is 1. The number of rotatable bonds is 4. The topological polar surface area (TPSA) is 66.6 Å². The lowest BCUT2D eigenvalue weighted by molar-refractivity contribution is -0.132. The van der Waals surface area contributed by atoms with E-state index in [9.17, 15) is 9.18 Å². The van der Waals surface area contributed by atoms with Crippen LogP contribution < -0.4 is 5.73 Å². The van der Waals surface area contributed by atoms with Crippen LogP contribution in [-0.4, -0.2) is 35.6 Å². The quantitative estimate of drug-likeness (QED) is 0.840.